The Bertz CT molecular complexity index is 162. The van der Waals surface area contributed by atoms with Gasteiger partial charge >= 0.3 is 5.97 Å². The van der Waals surface area contributed by atoms with Crippen molar-refractivity contribution in [2.24, 2.45) is 5.92 Å². The van der Waals surface area contributed by atoms with E-state index in [4.69, 9.17) is 4.74 Å². The molecule has 96 valence electrons. The third-order valence-corrected chi connectivity index (χ3v) is 3.06. The van der Waals surface area contributed by atoms with E-state index in [9.17, 15) is 4.79 Å². The second-order valence-corrected chi connectivity index (χ2v) is 4.45. The normalized spacial score (nSPS) is 10.8. The van der Waals surface area contributed by atoms with Gasteiger partial charge in [-0.2, -0.15) is 0 Å². The van der Waals surface area contributed by atoms with Crippen molar-refractivity contribution < 1.29 is 9.53 Å². The molecule has 0 aliphatic rings. The summed E-state index contributed by atoms with van der Waals surface area (Å²) in [4.78, 5) is 11.5. The molecule has 0 saturated carbocycles. The van der Waals surface area contributed by atoms with Crippen molar-refractivity contribution in [1.82, 2.24) is 0 Å². The van der Waals surface area contributed by atoms with Crippen molar-refractivity contribution in [1.29, 1.82) is 0 Å². The van der Waals surface area contributed by atoms with Gasteiger partial charge in [-0.15, -0.1) is 0 Å². The molecule has 0 radical (unpaired) electrons. The van der Waals surface area contributed by atoms with Gasteiger partial charge in [-0.1, -0.05) is 52.9 Å². The number of rotatable bonds is 10. The van der Waals surface area contributed by atoms with E-state index in [0.717, 1.165) is 19.3 Å². The summed E-state index contributed by atoms with van der Waals surface area (Å²) in [6.07, 6.45) is 9.20. The quantitative estimate of drug-likeness (QED) is 0.411. The first kappa shape index (κ1) is 15.5. The van der Waals surface area contributed by atoms with Crippen LogP contribution in [0.3, 0.4) is 0 Å². The lowest BCUT2D eigenvalue weighted by Crippen LogP contribution is -2.16. The van der Waals surface area contributed by atoms with Crippen LogP contribution in [0.1, 0.15) is 72.1 Å². The molecule has 0 heterocycles. The van der Waals surface area contributed by atoms with Gasteiger partial charge in [-0.05, 0) is 19.3 Å². The molecule has 0 amide bonds. The number of unbranched alkanes of at least 4 members (excludes halogenated alkanes) is 5. The van der Waals surface area contributed by atoms with Gasteiger partial charge in [0.05, 0.1) is 12.5 Å². The van der Waals surface area contributed by atoms with Crippen LogP contribution in [0.2, 0.25) is 0 Å². The first-order chi connectivity index (χ1) is 7.76. The zero-order valence-electron chi connectivity index (χ0n) is 11.3. The molecule has 0 bridgehead atoms. The summed E-state index contributed by atoms with van der Waals surface area (Å²) in [7, 11) is 0. The minimum atomic E-state index is -0.00134. The van der Waals surface area contributed by atoms with Crippen LogP contribution in [0.25, 0.3) is 0 Å². The van der Waals surface area contributed by atoms with E-state index in [1.54, 1.807) is 0 Å². The SMILES string of the molecule is CCCCCCCCOC(=O)C(CC)CC. The highest BCUT2D eigenvalue weighted by atomic mass is 16.5. The van der Waals surface area contributed by atoms with E-state index in [0.29, 0.717) is 6.61 Å². The molecule has 0 atom stereocenters. The molecule has 0 rings (SSSR count). The Morgan fingerprint density at radius 3 is 2.06 bits per heavy atom. The second kappa shape index (κ2) is 11.0. The van der Waals surface area contributed by atoms with E-state index in [-0.39, 0.29) is 11.9 Å². The number of carbonyl (C=O) groups excluding carboxylic acids is 1. The fourth-order valence-corrected chi connectivity index (χ4v) is 1.80. The molecule has 0 N–H and O–H groups in total. The van der Waals surface area contributed by atoms with E-state index < -0.39 is 0 Å². The topological polar surface area (TPSA) is 26.3 Å². The van der Waals surface area contributed by atoms with Gasteiger partial charge in [0.15, 0.2) is 0 Å². The molecule has 0 unspecified atom stereocenters. The molecule has 0 spiro atoms. The predicted octanol–water partition coefficient (Wildman–Crippen LogP) is 4.33. The maximum Gasteiger partial charge on any atom is 0.308 e. The van der Waals surface area contributed by atoms with Crippen molar-refractivity contribution in [3.05, 3.63) is 0 Å². The number of hydrogen-bond donors (Lipinski definition) is 0. The summed E-state index contributed by atoms with van der Waals surface area (Å²) >= 11 is 0. The zero-order valence-corrected chi connectivity index (χ0v) is 11.3. The van der Waals surface area contributed by atoms with Gasteiger partial charge in [-0.25, -0.2) is 0 Å². The lowest BCUT2D eigenvalue weighted by atomic mass is 10.0. The summed E-state index contributed by atoms with van der Waals surface area (Å²) in [5.41, 5.74) is 0. The van der Waals surface area contributed by atoms with Crippen molar-refractivity contribution in [3.63, 3.8) is 0 Å². The average Bonchev–Trinajstić information content (AvgIpc) is 2.29. The zero-order chi connectivity index (χ0) is 12.2. The minimum Gasteiger partial charge on any atom is -0.465 e. The van der Waals surface area contributed by atoms with E-state index >= 15 is 0 Å². The molecule has 0 aromatic carbocycles. The highest BCUT2D eigenvalue weighted by Gasteiger charge is 2.14. The average molecular weight is 228 g/mol. The highest BCUT2D eigenvalue weighted by molar-refractivity contribution is 5.72. The number of carbonyl (C=O) groups is 1. The molecule has 0 aromatic rings. The fourth-order valence-electron chi connectivity index (χ4n) is 1.80. The summed E-state index contributed by atoms with van der Waals surface area (Å²) in [6.45, 7) is 6.92. The molecule has 0 saturated heterocycles. The molecule has 2 heteroatoms. The second-order valence-electron chi connectivity index (χ2n) is 4.45. The minimum absolute atomic E-state index is 0.00134. The number of esters is 1. The van der Waals surface area contributed by atoms with Crippen LogP contribution in [-0.2, 0) is 9.53 Å². The Balaban J connectivity index is 3.33. The van der Waals surface area contributed by atoms with Crippen LogP contribution >= 0.6 is 0 Å². The Hall–Kier alpha value is -0.530. The van der Waals surface area contributed by atoms with Gasteiger partial charge in [0.25, 0.3) is 0 Å². The van der Waals surface area contributed by atoms with Gasteiger partial charge in [-0.3, -0.25) is 4.79 Å². The van der Waals surface area contributed by atoms with Gasteiger partial charge in [0, 0.05) is 0 Å². The van der Waals surface area contributed by atoms with E-state index in [1.807, 2.05) is 13.8 Å². The smallest absolute Gasteiger partial charge is 0.308 e. The Kier molecular flexibility index (Phi) is 10.6. The van der Waals surface area contributed by atoms with Crippen LogP contribution in [0.15, 0.2) is 0 Å². The van der Waals surface area contributed by atoms with Crippen LogP contribution < -0.4 is 0 Å². The Morgan fingerprint density at radius 2 is 1.50 bits per heavy atom. The number of hydrogen-bond acceptors (Lipinski definition) is 2. The van der Waals surface area contributed by atoms with Crippen molar-refractivity contribution >= 4 is 5.97 Å². The van der Waals surface area contributed by atoms with E-state index in [1.165, 1.54) is 32.1 Å². The van der Waals surface area contributed by atoms with Crippen molar-refractivity contribution in [2.45, 2.75) is 72.1 Å². The largest absolute Gasteiger partial charge is 0.465 e. The van der Waals surface area contributed by atoms with Gasteiger partial charge < -0.3 is 4.74 Å². The van der Waals surface area contributed by atoms with Crippen molar-refractivity contribution in [3.8, 4) is 0 Å². The monoisotopic (exact) mass is 228 g/mol. The first-order valence-corrected chi connectivity index (χ1v) is 6.92. The third-order valence-electron chi connectivity index (χ3n) is 3.06. The van der Waals surface area contributed by atoms with Gasteiger partial charge in [0.2, 0.25) is 0 Å². The Labute approximate surface area is 101 Å². The number of ether oxygens (including phenoxy) is 1. The summed E-state index contributed by atoms with van der Waals surface area (Å²) < 4.78 is 5.25. The molecule has 2 nitrogen and oxygen atoms in total. The molecule has 0 fully saturated rings. The van der Waals surface area contributed by atoms with Crippen LogP contribution in [0, 0.1) is 5.92 Å². The summed E-state index contributed by atoms with van der Waals surface area (Å²) in [5.74, 6) is 0.110. The molecule has 16 heavy (non-hydrogen) atoms. The molecule has 0 aliphatic carbocycles. The fraction of sp³-hybridized carbons (Fsp3) is 0.929. The summed E-state index contributed by atoms with van der Waals surface area (Å²) in [5, 5.41) is 0. The van der Waals surface area contributed by atoms with Crippen molar-refractivity contribution in [2.75, 3.05) is 6.61 Å². The van der Waals surface area contributed by atoms with Gasteiger partial charge in [0.1, 0.15) is 0 Å². The lowest BCUT2D eigenvalue weighted by Gasteiger charge is -2.11. The molecule has 0 aromatic heterocycles. The standard InChI is InChI=1S/C14H28O2/c1-4-7-8-9-10-11-12-16-14(15)13(5-2)6-3/h13H,4-12H2,1-3H3. The highest BCUT2D eigenvalue weighted by Crippen LogP contribution is 2.10. The molecular formula is C14H28O2. The van der Waals surface area contributed by atoms with Crippen LogP contribution in [-0.4, -0.2) is 12.6 Å². The maximum absolute atomic E-state index is 11.5. The molecular weight excluding hydrogens is 200 g/mol. The Morgan fingerprint density at radius 1 is 0.938 bits per heavy atom. The predicted molar refractivity (Wildman–Crippen MR) is 68.4 cm³/mol. The lowest BCUT2D eigenvalue weighted by molar-refractivity contribution is -0.148. The van der Waals surface area contributed by atoms with Crippen LogP contribution in [0.4, 0.5) is 0 Å². The molecule has 0 aliphatic heterocycles. The maximum atomic E-state index is 11.5. The first-order valence-electron chi connectivity index (χ1n) is 6.92. The van der Waals surface area contributed by atoms with Crippen LogP contribution in [0.5, 0.6) is 0 Å². The third kappa shape index (κ3) is 7.72. The summed E-state index contributed by atoms with van der Waals surface area (Å²) in [6, 6.07) is 0. The van der Waals surface area contributed by atoms with E-state index in [2.05, 4.69) is 6.92 Å².